The molecule has 0 heterocycles. The number of rotatable bonds is 14. The topological polar surface area (TPSA) is 108 Å². The molecule has 1 aromatic carbocycles. The predicted octanol–water partition coefficient (Wildman–Crippen LogP) is 1.22. The molecule has 0 aliphatic carbocycles. The average Bonchev–Trinajstić information content (AvgIpc) is 2.56. The van der Waals surface area contributed by atoms with E-state index in [1.54, 1.807) is 12.1 Å². The van der Waals surface area contributed by atoms with Crippen LogP contribution in [0.2, 0.25) is 0 Å². The van der Waals surface area contributed by atoms with Crippen LogP contribution in [-0.4, -0.2) is 65.7 Å². The Morgan fingerprint density at radius 3 is 2.08 bits per heavy atom. The second-order valence-electron chi connectivity index (χ2n) is 5.11. The molecule has 0 aromatic heterocycles. The molecule has 1 aromatic rings. The summed E-state index contributed by atoms with van der Waals surface area (Å²) in [5.74, 6) is -1.02. The molecule has 0 spiro atoms. The SMILES string of the molecule is Cc1ccc(S(=O)(=O)OCCCOCCOCCOCC(=O)O)cc1. The van der Waals surface area contributed by atoms with E-state index in [0.29, 0.717) is 26.2 Å². The molecule has 8 nitrogen and oxygen atoms in total. The molecule has 0 aliphatic rings. The molecule has 25 heavy (non-hydrogen) atoms. The van der Waals surface area contributed by atoms with Crippen molar-refractivity contribution in [2.24, 2.45) is 0 Å². The van der Waals surface area contributed by atoms with E-state index >= 15 is 0 Å². The van der Waals surface area contributed by atoms with Crippen molar-refractivity contribution in [1.29, 1.82) is 0 Å². The molecule has 0 aliphatic heterocycles. The van der Waals surface area contributed by atoms with E-state index in [4.69, 9.17) is 23.5 Å². The van der Waals surface area contributed by atoms with Gasteiger partial charge in [0.1, 0.15) is 6.61 Å². The summed E-state index contributed by atoms with van der Waals surface area (Å²) in [7, 11) is -3.73. The van der Waals surface area contributed by atoms with Crippen molar-refractivity contribution >= 4 is 16.1 Å². The van der Waals surface area contributed by atoms with E-state index in [1.165, 1.54) is 12.1 Å². The minimum Gasteiger partial charge on any atom is -0.480 e. The molecule has 9 heteroatoms. The quantitative estimate of drug-likeness (QED) is 0.381. The van der Waals surface area contributed by atoms with Gasteiger partial charge in [0.05, 0.1) is 37.9 Å². The van der Waals surface area contributed by atoms with Gasteiger partial charge in [-0.2, -0.15) is 8.42 Å². The van der Waals surface area contributed by atoms with Gasteiger partial charge in [-0.15, -0.1) is 0 Å². The van der Waals surface area contributed by atoms with Crippen LogP contribution in [0.5, 0.6) is 0 Å². The first kappa shape index (κ1) is 21.5. The molecule has 0 saturated heterocycles. The molecule has 1 rings (SSSR count). The van der Waals surface area contributed by atoms with Crippen molar-refractivity contribution in [1.82, 2.24) is 0 Å². The average molecular weight is 376 g/mol. The Morgan fingerprint density at radius 2 is 1.48 bits per heavy atom. The minimum atomic E-state index is -3.73. The summed E-state index contributed by atoms with van der Waals surface area (Å²) >= 11 is 0. The monoisotopic (exact) mass is 376 g/mol. The van der Waals surface area contributed by atoms with Gasteiger partial charge in [0.15, 0.2) is 0 Å². The first-order valence-corrected chi connectivity index (χ1v) is 9.24. The van der Waals surface area contributed by atoms with Gasteiger partial charge in [-0.3, -0.25) is 4.18 Å². The van der Waals surface area contributed by atoms with Crippen molar-refractivity contribution in [3.8, 4) is 0 Å². The number of aryl methyl sites for hydroxylation is 1. The van der Waals surface area contributed by atoms with Gasteiger partial charge in [-0.25, -0.2) is 4.79 Å². The first-order chi connectivity index (χ1) is 11.9. The molecule has 0 radical (unpaired) electrons. The zero-order valence-electron chi connectivity index (χ0n) is 14.2. The predicted molar refractivity (Wildman–Crippen MR) is 89.0 cm³/mol. The van der Waals surface area contributed by atoms with Crippen LogP contribution in [0.25, 0.3) is 0 Å². The minimum absolute atomic E-state index is 0.0418. The lowest BCUT2D eigenvalue weighted by Gasteiger charge is -2.07. The molecule has 0 fully saturated rings. The van der Waals surface area contributed by atoms with E-state index in [0.717, 1.165) is 5.56 Å². The number of carboxylic acids is 1. The zero-order chi connectivity index (χ0) is 18.5. The Balaban J connectivity index is 1.99. The highest BCUT2D eigenvalue weighted by Crippen LogP contribution is 2.13. The van der Waals surface area contributed by atoms with Crippen LogP contribution >= 0.6 is 0 Å². The maximum Gasteiger partial charge on any atom is 0.329 e. The number of benzene rings is 1. The summed E-state index contributed by atoms with van der Waals surface area (Å²) in [5.41, 5.74) is 0.975. The summed E-state index contributed by atoms with van der Waals surface area (Å²) in [5, 5.41) is 8.35. The molecule has 0 amide bonds. The van der Waals surface area contributed by atoms with E-state index in [9.17, 15) is 13.2 Å². The lowest BCUT2D eigenvalue weighted by atomic mass is 10.2. The van der Waals surface area contributed by atoms with Crippen molar-refractivity contribution in [2.75, 3.05) is 46.2 Å². The maximum absolute atomic E-state index is 11.9. The van der Waals surface area contributed by atoms with Gasteiger partial charge in [-0.1, -0.05) is 17.7 Å². The molecule has 0 unspecified atom stereocenters. The lowest BCUT2D eigenvalue weighted by Crippen LogP contribution is -2.14. The van der Waals surface area contributed by atoms with Crippen LogP contribution in [0, 0.1) is 6.92 Å². The van der Waals surface area contributed by atoms with Crippen LogP contribution < -0.4 is 0 Å². The summed E-state index contributed by atoms with van der Waals surface area (Å²) < 4.78 is 44.0. The number of hydrogen-bond acceptors (Lipinski definition) is 7. The van der Waals surface area contributed by atoms with E-state index < -0.39 is 16.1 Å². The molecular weight excluding hydrogens is 352 g/mol. The Bertz CT molecular complexity index is 597. The summed E-state index contributed by atoms with van der Waals surface area (Å²) in [4.78, 5) is 10.3. The highest BCUT2D eigenvalue weighted by molar-refractivity contribution is 7.86. The Kier molecular flexibility index (Phi) is 10.3. The number of aliphatic carboxylic acids is 1. The second-order valence-corrected chi connectivity index (χ2v) is 6.73. The van der Waals surface area contributed by atoms with Gasteiger partial charge >= 0.3 is 5.97 Å². The van der Waals surface area contributed by atoms with E-state index in [-0.39, 0.29) is 31.3 Å². The van der Waals surface area contributed by atoms with Gasteiger partial charge < -0.3 is 19.3 Å². The highest BCUT2D eigenvalue weighted by atomic mass is 32.2. The summed E-state index contributed by atoms with van der Waals surface area (Å²) in [6.07, 6.45) is 0.437. The Labute approximate surface area is 147 Å². The third-order valence-corrected chi connectivity index (χ3v) is 4.28. The molecule has 0 atom stereocenters. The zero-order valence-corrected chi connectivity index (χ0v) is 15.0. The molecule has 1 N–H and O–H groups in total. The molecular formula is C16H24O8S. The second kappa shape index (κ2) is 11.9. The molecule has 142 valence electrons. The third-order valence-electron chi connectivity index (χ3n) is 2.95. The maximum atomic E-state index is 11.9. The Hall–Kier alpha value is -1.52. The highest BCUT2D eigenvalue weighted by Gasteiger charge is 2.14. The van der Waals surface area contributed by atoms with Crippen LogP contribution in [0.3, 0.4) is 0 Å². The smallest absolute Gasteiger partial charge is 0.329 e. The summed E-state index contributed by atoms with van der Waals surface area (Å²) in [6.45, 7) is 3.11. The van der Waals surface area contributed by atoms with Crippen molar-refractivity contribution < 1.29 is 36.7 Å². The molecule has 0 saturated carbocycles. The van der Waals surface area contributed by atoms with Crippen molar-refractivity contribution in [3.05, 3.63) is 29.8 Å². The van der Waals surface area contributed by atoms with E-state index in [2.05, 4.69) is 0 Å². The first-order valence-electron chi connectivity index (χ1n) is 7.83. The molecule has 0 bridgehead atoms. The number of carbonyl (C=O) groups is 1. The normalized spacial score (nSPS) is 11.6. The fraction of sp³-hybridized carbons (Fsp3) is 0.562. The van der Waals surface area contributed by atoms with Gasteiger partial charge in [0, 0.05) is 6.61 Å². The van der Waals surface area contributed by atoms with Crippen LogP contribution in [0.1, 0.15) is 12.0 Å². The summed E-state index contributed by atoms with van der Waals surface area (Å²) in [6, 6.07) is 6.45. The lowest BCUT2D eigenvalue weighted by molar-refractivity contribution is -0.142. The number of ether oxygens (including phenoxy) is 3. The number of carboxylic acid groups (broad SMARTS) is 1. The van der Waals surface area contributed by atoms with E-state index in [1.807, 2.05) is 6.92 Å². The van der Waals surface area contributed by atoms with Crippen LogP contribution in [0.15, 0.2) is 29.2 Å². The van der Waals surface area contributed by atoms with Crippen molar-refractivity contribution in [3.63, 3.8) is 0 Å². The van der Waals surface area contributed by atoms with Gasteiger partial charge in [-0.05, 0) is 25.5 Å². The van der Waals surface area contributed by atoms with Crippen LogP contribution in [0.4, 0.5) is 0 Å². The number of hydrogen-bond donors (Lipinski definition) is 1. The van der Waals surface area contributed by atoms with Gasteiger partial charge in [0.25, 0.3) is 10.1 Å². The van der Waals surface area contributed by atoms with Crippen molar-refractivity contribution in [2.45, 2.75) is 18.2 Å². The fourth-order valence-electron chi connectivity index (χ4n) is 1.70. The standard InChI is InChI=1S/C16H24O8S/c1-14-3-5-15(6-4-14)25(19,20)24-8-2-7-21-9-10-22-11-12-23-13-16(17)18/h3-6H,2,7-13H2,1H3,(H,17,18). The Morgan fingerprint density at radius 1 is 0.920 bits per heavy atom. The largest absolute Gasteiger partial charge is 0.480 e. The third kappa shape index (κ3) is 10.1. The fourth-order valence-corrected chi connectivity index (χ4v) is 2.64. The van der Waals surface area contributed by atoms with Crippen LogP contribution in [-0.2, 0) is 33.3 Å². The van der Waals surface area contributed by atoms with Gasteiger partial charge in [0.2, 0.25) is 0 Å².